The molecule has 0 aromatic carbocycles. The Balaban J connectivity index is 2.45. The van der Waals surface area contributed by atoms with Gasteiger partial charge in [-0.15, -0.1) is 0 Å². The molecule has 1 heterocycles. The minimum Gasteiger partial charge on any atom is -0.462 e. The highest BCUT2D eigenvalue weighted by Gasteiger charge is 2.46. The van der Waals surface area contributed by atoms with Crippen LogP contribution in [-0.2, 0) is 38.7 Å². The number of rotatable bonds is 37. The highest BCUT2D eigenvalue weighted by Crippen LogP contribution is 2.24. The second-order valence-corrected chi connectivity index (χ2v) is 17.2. The third-order valence-electron chi connectivity index (χ3n) is 10.1. The van der Waals surface area contributed by atoms with Gasteiger partial charge in [-0.1, -0.05) is 152 Å². The zero-order chi connectivity index (χ0) is 44.1. The fraction of sp³-hybridized carbons (Fsp3) is 0.745. The quantitative estimate of drug-likeness (QED) is 0.0201. The Hall–Kier alpha value is -2.65. The topological polar surface area (TPSA) is 186 Å². The van der Waals surface area contributed by atoms with Crippen molar-refractivity contribution in [3.8, 4) is 0 Å². The van der Waals surface area contributed by atoms with Gasteiger partial charge in [-0.2, -0.15) is 8.42 Å². The van der Waals surface area contributed by atoms with Crippen molar-refractivity contribution in [1.82, 2.24) is 0 Å². The number of allylic oxidation sites excluding steroid dienone is 10. The second-order valence-electron chi connectivity index (χ2n) is 15.7. The predicted octanol–water partition coefficient (Wildman–Crippen LogP) is 9.34. The number of hydrogen-bond acceptors (Lipinski definition) is 11. The molecular formula is C47H80O12S. The molecule has 12 nitrogen and oxygen atoms in total. The molecule has 0 aromatic rings. The maximum atomic E-state index is 12.8. The Labute approximate surface area is 362 Å². The Morgan fingerprint density at radius 1 is 0.583 bits per heavy atom. The molecule has 0 spiro atoms. The van der Waals surface area contributed by atoms with Crippen LogP contribution in [0.15, 0.2) is 60.8 Å². The van der Waals surface area contributed by atoms with Crippen LogP contribution in [0, 0.1) is 0 Å². The third-order valence-corrected chi connectivity index (χ3v) is 10.8. The smallest absolute Gasteiger partial charge is 0.306 e. The standard InChI is InChI=1S/C47H80O12S/c1-3-5-7-9-11-13-15-17-18-19-20-21-22-24-25-27-29-31-33-35-42(48)56-37-40(38-57-47-46(52)45(51)44(50)41(59-47)39-60(53,54)55)58-43(49)36-34-32-30-28-26-23-16-14-12-10-8-6-4-2/h5,7,11,13,17-18,23,26,30,32,40-41,44-47,50-52H,3-4,6,8-10,12,14-16,19-22,24-25,27-29,31,33-39H2,1-2H3,(H,53,54,55)/b7-5+,13-11+,18-17+,26-23+,32-30+/t40?,41-,44-,45?,46?,47+/m1/s1. The number of carbonyl (C=O) groups is 2. The summed E-state index contributed by atoms with van der Waals surface area (Å²) in [7, 11) is -4.61. The number of carbonyl (C=O) groups excluding carboxylic acids is 2. The average molecular weight is 869 g/mol. The molecule has 13 heteroatoms. The molecule has 0 aliphatic carbocycles. The van der Waals surface area contributed by atoms with Gasteiger partial charge in [-0.3, -0.25) is 14.1 Å². The van der Waals surface area contributed by atoms with Gasteiger partial charge in [0.1, 0.15) is 36.8 Å². The maximum Gasteiger partial charge on any atom is 0.306 e. The summed E-state index contributed by atoms with van der Waals surface area (Å²) >= 11 is 0. The van der Waals surface area contributed by atoms with E-state index >= 15 is 0 Å². The maximum absolute atomic E-state index is 12.8. The first-order valence-corrected chi connectivity index (χ1v) is 24.5. The van der Waals surface area contributed by atoms with Crippen LogP contribution in [0.2, 0.25) is 0 Å². The van der Waals surface area contributed by atoms with Gasteiger partial charge in [0.05, 0.1) is 6.61 Å². The molecule has 3 unspecified atom stereocenters. The van der Waals surface area contributed by atoms with Crippen LogP contribution in [0.4, 0.5) is 0 Å². The summed E-state index contributed by atoms with van der Waals surface area (Å²) in [4.78, 5) is 25.4. The summed E-state index contributed by atoms with van der Waals surface area (Å²) in [6, 6.07) is 0. The van der Waals surface area contributed by atoms with E-state index < -0.39 is 71.2 Å². The van der Waals surface area contributed by atoms with Crippen LogP contribution < -0.4 is 0 Å². The highest BCUT2D eigenvalue weighted by atomic mass is 32.2. The van der Waals surface area contributed by atoms with E-state index in [1.807, 2.05) is 12.2 Å². The monoisotopic (exact) mass is 869 g/mol. The van der Waals surface area contributed by atoms with Crippen molar-refractivity contribution in [3.63, 3.8) is 0 Å². The van der Waals surface area contributed by atoms with E-state index in [-0.39, 0.29) is 19.4 Å². The van der Waals surface area contributed by atoms with Crippen LogP contribution in [0.1, 0.15) is 168 Å². The summed E-state index contributed by atoms with van der Waals surface area (Å²) in [5.41, 5.74) is 0. The van der Waals surface area contributed by atoms with Crippen molar-refractivity contribution in [1.29, 1.82) is 0 Å². The Bertz CT molecular complexity index is 1340. The largest absolute Gasteiger partial charge is 0.462 e. The Kier molecular flexibility index (Phi) is 34.1. The average Bonchev–Trinajstić information content (AvgIpc) is 3.21. The van der Waals surface area contributed by atoms with Crippen LogP contribution in [0.3, 0.4) is 0 Å². The first-order chi connectivity index (χ1) is 29.0. The lowest BCUT2D eigenvalue weighted by atomic mass is 10.00. The van der Waals surface area contributed by atoms with Crippen molar-refractivity contribution in [2.45, 2.75) is 205 Å². The van der Waals surface area contributed by atoms with Crippen LogP contribution >= 0.6 is 0 Å². The molecule has 346 valence electrons. The molecule has 0 radical (unpaired) electrons. The van der Waals surface area contributed by atoms with Gasteiger partial charge in [0, 0.05) is 12.8 Å². The number of unbranched alkanes of at least 4 members (excludes halogenated alkanes) is 15. The number of esters is 2. The molecule has 0 amide bonds. The molecule has 1 rings (SSSR count). The fourth-order valence-electron chi connectivity index (χ4n) is 6.57. The number of ether oxygens (including phenoxy) is 4. The van der Waals surface area contributed by atoms with Crippen LogP contribution in [-0.4, -0.2) is 96.0 Å². The second kappa shape index (κ2) is 37.0. The first-order valence-electron chi connectivity index (χ1n) is 22.8. The van der Waals surface area contributed by atoms with E-state index in [4.69, 9.17) is 18.9 Å². The van der Waals surface area contributed by atoms with E-state index in [2.05, 4.69) is 62.5 Å². The fourth-order valence-corrected chi connectivity index (χ4v) is 7.26. The molecule has 1 fully saturated rings. The third kappa shape index (κ3) is 31.2. The number of aliphatic hydroxyl groups excluding tert-OH is 3. The van der Waals surface area contributed by atoms with Crippen molar-refractivity contribution in [3.05, 3.63) is 60.8 Å². The van der Waals surface area contributed by atoms with Crippen molar-refractivity contribution < 1.29 is 56.8 Å². The Morgan fingerprint density at radius 2 is 1.08 bits per heavy atom. The van der Waals surface area contributed by atoms with E-state index in [9.17, 15) is 37.9 Å². The normalized spacial score (nSPS) is 20.7. The summed E-state index contributed by atoms with van der Waals surface area (Å²) in [6.07, 6.45) is 35.7. The zero-order valence-electron chi connectivity index (χ0n) is 36.8. The summed E-state index contributed by atoms with van der Waals surface area (Å²) in [6.45, 7) is 3.58. The molecule has 0 aromatic heterocycles. The minimum atomic E-state index is -4.61. The number of hydrogen-bond donors (Lipinski definition) is 4. The van der Waals surface area contributed by atoms with Crippen LogP contribution in [0.5, 0.6) is 0 Å². The molecule has 6 atom stereocenters. The van der Waals surface area contributed by atoms with Gasteiger partial charge in [0.15, 0.2) is 12.4 Å². The summed E-state index contributed by atoms with van der Waals surface area (Å²) in [5, 5.41) is 30.9. The highest BCUT2D eigenvalue weighted by molar-refractivity contribution is 7.85. The molecule has 0 saturated carbocycles. The van der Waals surface area contributed by atoms with Crippen molar-refractivity contribution in [2.75, 3.05) is 19.0 Å². The molecule has 1 saturated heterocycles. The van der Waals surface area contributed by atoms with Gasteiger partial charge in [-0.25, -0.2) is 0 Å². The summed E-state index contributed by atoms with van der Waals surface area (Å²) < 4.78 is 54.0. The molecule has 1 aliphatic rings. The molecule has 0 bridgehead atoms. The van der Waals surface area contributed by atoms with E-state index in [1.165, 1.54) is 70.6 Å². The predicted molar refractivity (Wildman–Crippen MR) is 238 cm³/mol. The van der Waals surface area contributed by atoms with Gasteiger partial charge >= 0.3 is 11.9 Å². The molecule has 4 N–H and O–H groups in total. The van der Waals surface area contributed by atoms with Crippen molar-refractivity contribution in [2.24, 2.45) is 0 Å². The molecule has 1 aliphatic heterocycles. The lowest BCUT2D eigenvalue weighted by Gasteiger charge is -2.40. The van der Waals surface area contributed by atoms with Crippen LogP contribution in [0.25, 0.3) is 0 Å². The minimum absolute atomic E-state index is 0.0550. The van der Waals surface area contributed by atoms with Gasteiger partial charge in [-0.05, 0) is 64.2 Å². The molecular weight excluding hydrogens is 789 g/mol. The lowest BCUT2D eigenvalue weighted by Crippen LogP contribution is -2.60. The van der Waals surface area contributed by atoms with E-state index in [1.54, 1.807) is 0 Å². The lowest BCUT2D eigenvalue weighted by molar-refractivity contribution is -0.297. The van der Waals surface area contributed by atoms with Gasteiger partial charge < -0.3 is 34.3 Å². The SMILES string of the molecule is CC/C=C/C/C=C/C/C=C/CCCCCCCCCCCC(=O)OCC(CO[C@H]1O[C@H](CS(=O)(=O)O)[C@@H](O)C(O)C1O)OC(=O)CC/C=C/C/C=C/CCCCCCCC. The molecule has 60 heavy (non-hydrogen) atoms. The van der Waals surface area contributed by atoms with Gasteiger partial charge in [0.2, 0.25) is 0 Å². The van der Waals surface area contributed by atoms with E-state index in [0.29, 0.717) is 12.8 Å². The first kappa shape index (κ1) is 55.4. The summed E-state index contributed by atoms with van der Waals surface area (Å²) in [5.74, 6) is -2.08. The Morgan fingerprint density at radius 3 is 1.63 bits per heavy atom. The van der Waals surface area contributed by atoms with Gasteiger partial charge in [0.25, 0.3) is 10.1 Å². The number of aliphatic hydroxyl groups is 3. The zero-order valence-corrected chi connectivity index (χ0v) is 37.6. The van der Waals surface area contributed by atoms with Crippen molar-refractivity contribution >= 4 is 22.1 Å². The van der Waals surface area contributed by atoms with E-state index in [0.717, 1.165) is 57.8 Å².